The molecule has 0 unspecified atom stereocenters. The molecule has 2 aromatic rings. The van der Waals surface area contributed by atoms with Gasteiger partial charge in [0.15, 0.2) is 0 Å². The second kappa shape index (κ2) is 8.66. The van der Waals surface area contributed by atoms with Gasteiger partial charge in [-0.2, -0.15) is 13.2 Å². The number of rotatable bonds is 4. The summed E-state index contributed by atoms with van der Waals surface area (Å²) in [4.78, 5) is 31.9. The summed E-state index contributed by atoms with van der Waals surface area (Å²) >= 11 is 0. The van der Waals surface area contributed by atoms with Crippen LogP contribution in [0, 0.1) is 0 Å². The Hall–Kier alpha value is -2.94. The first-order valence-corrected chi connectivity index (χ1v) is 10.2. The quantitative estimate of drug-likeness (QED) is 0.805. The maximum atomic E-state index is 12.7. The maximum absolute atomic E-state index is 12.7. The average Bonchev–Trinajstić information content (AvgIpc) is 2.74. The number of aryl methyl sites for hydroxylation is 1. The van der Waals surface area contributed by atoms with Crippen molar-refractivity contribution in [3.05, 3.63) is 53.2 Å². The van der Waals surface area contributed by atoms with Crippen molar-refractivity contribution >= 4 is 23.2 Å². The number of Topliss-reactive ketones (excluding diaryl/α,β-unsaturated/α-hetero) is 1. The maximum Gasteiger partial charge on any atom is 0.417 e. The lowest BCUT2D eigenvalue weighted by Gasteiger charge is -2.35. The summed E-state index contributed by atoms with van der Waals surface area (Å²) < 4.78 is 38.0. The van der Waals surface area contributed by atoms with Crippen LogP contribution in [-0.4, -0.2) is 54.3 Å². The standard InChI is InChI=1S/C22H23F3N4O2/c23-22(24,25)17-3-6-20(26-13-17)29-9-7-28(8-10-29)14-21(31)27-18-4-1-16-12-19(30)5-2-15(16)11-18/h1,3-4,6,11,13H,2,5,7-10,12,14H2,(H,27,31). The van der Waals surface area contributed by atoms with E-state index in [-0.39, 0.29) is 18.2 Å². The third-order valence-electron chi connectivity index (χ3n) is 5.69. The zero-order valence-corrected chi connectivity index (χ0v) is 16.9. The van der Waals surface area contributed by atoms with Crippen LogP contribution in [0.2, 0.25) is 0 Å². The Balaban J connectivity index is 1.27. The Bertz CT molecular complexity index is 968. The number of amides is 1. The third kappa shape index (κ3) is 5.22. The fourth-order valence-corrected chi connectivity index (χ4v) is 3.96. The number of aromatic nitrogens is 1. The molecular formula is C22H23F3N4O2. The van der Waals surface area contributed by atoms with E-state index in [1.165, 1.54) is 6.07 Å². The van der Waals surface area contributed by atoms with Gasteiger partial charge in [-0.1, -0.05) is 6.07 Å². The monoisotopic (exact) mass is 432 g/mol. The number of hydrogen-bond acceptors (Lipinski definition) is 5. The van der Waals surface area contributed by atoms with Gasteiger partial charge in [0.1, 0.15) is 11.6 Å². The number of nitrogens with one attached hydrogen (secondary N) is 1. The number of ketones is 1. The van der Waals surface area contributed by atoms with Crippen molar-refractivity contribution in [1.29, 1.82) is 0 Å². The van der Waals surface area contributed by atoms with Gasteiger partial charge >= 0.3 is 6.18 Å². The first kappa shape index (κ1) is 21.3. The van der Waals surface area contributed by atoms with Crippen LogP contribution in [0.4, 0.5) is 24.7 Å². The number of hydrogen-bond donors (Lipinski definition) is 1. The molecule has 2 aliphatic rings. The first-order valence-electron chi connectivity index (χ1n) is 10.2. The van der Waals surface area contributed by atoms with Gasteiger partial charge in [0.25, 0.3) is 0 Å². The largest absolute Gasteiger partial charge is 0.417 e. The SMILES string of the molecule is O=C1CCc2cc(NC(=O)CN3CCN(c4ccc(C(F)(F)F)cn4)CC3)ccc2C1. The molecule has 1 aromatic carbocycles. The minimum Gasteiger partial charge on any atom is -0.354 e. The van der Waals surface area contributed by atoms with E-state index in [9.17, 15) is 22.8 Å². The Labute approximate surface area is 178 Å². The Morgan fingerprint density at radius 3 is 2.48 bits per heavy atom. The summed E-state index contributed by atoms with van der Waals surface area (Å²) in [6.45, 7) is 2.63. The molecule has 1 N–H and O–H groups in total. The van der Waals surface area contributed by atoms with Crippen molar-refractivity contribution in [2.75, 3.05) is 42.9 Å². The van der Waals surface area contributed by atoms with Gasteiger partial charge in [-0.15, -0.1) is 0 Å². The van der Waals surface area contributed by atoms with E-state index in [0.29, 0.717) is 51.3 Å². The molecule has 1 saturated heterocycles. The minimum absolute atomic E-state index is 0.118. The highest BCUT2D eigenvalue weighted by atomic mass is 19.4. The van der Waals surface area contributed by atoms with Crippen molar-refractivity contribution < 1.29 is 22.8 Å². The van der Waals surface area contributed by atoms with Crippen LogP contribution < -0.4 is 10.2 Å². The second-order valence-electron chi connectivity index (χ2n) is 7.91. The summed E-state index contributed by atoms with van der Waals surface area (Å²) in [6, 6.07) is 8.08. The zero-order valence-electron chi connectivity index (χ0n) is 16.9. The fraction of sp³-hybridized carbons (Fsp3) is 0.409. The molecule has 2 heterocycles. The van der Waals surface area contributed by atoms with Crippen LogP contribution in [0.3, 0.4) is 0 Å². The molecule has 1 fully saturated rings. The van der Waals surface area contributed by atoms with Gasteiger partial charge < -0.3 is 10.2 Å². The van der Waals surface area contributed by atoms with Gasteiger partial charge in [0.2, 0.25) is 5.91 Å². The van der Waals surface area contributed by atoms with Crippen molar-refractivity contribution in [2.24, 2.45) is 0 Å². The lowest BCUT2D eigenvalue weighted by molar-refractivity contribution is -0.137. The molecule has 0 bridgehead atoms. The summed E-state index contributed by atoms with van der Waals surface area (Å²) in [6.07, 6.45) is -1.83. The molecule has 1 aliphatic heterocycles. The number of nitrogens with zero attached hydrogens (tertiary/aromatic N) is 3. The first-order chi connectivity index (χ1) is 14.8. The molecule has 9 heteroatoms. The molecule has 4 rings (SSSR count). The van der Waals surface area contributed by atoms with Gasteiger partial charge in [0.05, 0.1) is 12.1 Å². The van der Waals surface area contributed by atoms with E-state index >= 15 is 0 Å². The van der Waals surface area contributed by atoms with E-state index in [4.69, 9.17) is 0 Å². The summed E-state index contributed by atoms with van der Waals surface area (Å²) in [5.74, 6) is 0.632. The number of carbonyl (C=O) groups excluding carboxylic acids is 2. The molecule has 1 amide bonds. The fourth-order valence-electron chi connectivity index (χ4n) is 3.96. The zero-order chi connectivity index (χ0) is 22.0. The van der Waals surface area contributed by atoms with E-state index in [1.54, 1.807) is 0 Å². The van der Waals surface area contributed by atoms with E-state index < -0.39 is 11.7 Å². The Morgan fingerprint density at radius 1 is 1.03 bits per heavy atom. The highest BCUT2D eigenvalue weighted by Gasteiger charge is 2.31. The number of fused-ring (bicyclic) bond motifs is 1. The van der Waals surface area contributed by atoms with Crippen molar-refractivity contribution in [3.8, 4) is 0 Å². The molecule has 0 radical (unpaired) electrons. The highest BCUT2D eigenvalue weighted by Crippen LogP contribution is 2.29. The van der Waals surface area contributed by atoms with Crippen molar-refractivity contribution in [1.82, 2.24) is 9.88 Å². The van der Waals surface area contributed by atoms with E-state index in [1.807, 2.05) is 28.0 Å². The number of anilines is 2. The molecule has 6 nitrogen and oxygen atoms in total. The molecule has 164 valence electrons. The Morgan fingerprint density at radius 2 is 1.81 bits per heavy atom. The van der Waals surface area contributed by atoms with Crippen molar-refractivity contribution in [3.63, 3.8) is 0 Å². The summed E-state index contributed by atoms with van der Waals surface area (Å²) in [5.41, 5.74) is 2.10. The van der Waals surface area contributed by atoms with Gasteiger partial charge in [0, 0.05) is 50.9 Å². The van der Waals surface area contributed by atoms with Crippen LogP contribution in [0.1, 0.15) is 23.1 Å². The molecule has 0 atom stereocenters. The second-order valence-corrected chi connectivity index (χ2v) is 7.91. The van der Waals surface area contributed by atoms with Gasteiger partial charge in [-0.05, 0) is 41.8 Å². The minimum atomic E-state index is -4.40. The number of alkyl halides is 3. The molecule has 1 aromatic heterocycles. The molecule has 31 heavy (non-hydrogen) atoms. The molecule has 0 spiro atoms. The third-order valence-corrected chi connectivity index (χ3v) is 5.69. The smallest absolute Gasteiger partial charge is 0.354 e. The number of benzene rings is 1. The van der Waals surface area contributed by atoms with Crippen LogP contribution in [0.5, 0.6) is 0 Å². The number of pyridine rings is 1. The van der Waals surface area contributed by atoms with Crippen molar-refractivity contribution in [2.45, 2.75) is 25.4 Å². The normalized spacial score (nSPS) is 17.4. The predicted octanol–water partition coefficient (Wildman–Crippen LogP) is 2.92. The lowest BCUT2D eigenvalue weighted by atomic mass is 9.90. The Kier molecular flexibility index (Phi) is 5.95. The highest BCUT2D eigenvalue weighted by molar-refractivity contribution is 5.92. The molecular weight excluding hydrogens is 409 g/mol. The predicted molar refractivity (Wildman–Crippen MR) is 110 cm³/mol. The summed E-state index contributed by atoms with van der Waals surface area (Å²) in [7, 11) is 0. The molecule has 1 aliphatic carbocycles. The number of halogens is 3. The van der Waals surface area contributed by atoms with Gasteiger partial charge in [-0.3, -0.25) is 14.5 Å². The average molecular weight is 432 g/mol. The topological polar surface area (TPSA) is 65.5 Å². The van der Waals surface area contributed by atoms with E-state index in [0.717, 1.165) is 29.1 Å². The lowest BCUT2D eigenvalue weighted by Crippen LogP contribution is -2.48. The van der Waals surface area contributed by atoms with E-state index in [2.05, 4.69) is 10.3 Å². The van der Waals surface area contributed by atoms with Crippen LogP contribution in [-0.2, 0) is 28.6 Å². The van der Waals surface area contributed by atoms with Crippen LogP contribution in [0.25, 0.3) is 0 Å². The number of carbonyl (C=O) groups is 2. The van der Waals surface area contributed by atoms with Crippen LogP contribution >= 0.6 is 0 Å². The number of piperazine rings is 1. The van der Waals surface area contributed by atoms with Gasteiger partial charge in [-0.25, -0.2) is 4.98 Å². The summed E-state index contributed by atoms with van der Waals surface area (Å²) in [5, 5.41) is 2.92. The van der Waals surface area contributed by atoms with Crippen LogP contribution in [0.15, 0.2) is 36.5 Å². The molecule has 0 saturated carbocycles.